The number of nitrogens with one attached hydrogen (secondary N) is 1. The zero-order valence-electron chi connectivity index (χ0n) is 13.6. The Morgan fingerprint density at radius 3 is 3.04 bits per heavy atom. The zero-order chi connectivity index (χ0) is 16.4. The van der Waals surface area contributed by atoms with Gasteiger partial charge in [0, 0.05) is 30.4 Å². The maximum atomic E-state index is 4.66. The maximum absolute atomic E-state index is 4.66. The standard InChI is InChI=1S/C17H19N7/c1-2-12-9-15(23-17(22-12)14-5-3-4-8-18-14)21-13-6-7-16-19-11-20-24(16)10-13/h3-5,8-9,11,13H,2,6-7,10H2,1H3,(H,21,22,23). The Kier molecular flexibility index (Phi) is 3.90. The highest BCUT2D eigenvalue weighted by atomic mass is 15.3. The smallest absolute Gasteiger partial charge is 0.180 e. The topological polar surface area (TPSA) is 81.4 Å². The summed E-state index contributed by atoms with van der Waals surface area (Å²) in [6.45, 7) is 2.90. The van der Waals surface area contributed by atoms with Crippen LogP contribution in [0, 0.1) is 0 Å². The van der Waals surface area contributed by atoms with Crippen molar-refractivity contribution in [3.05, 3.63) is 48.3 Å². The summed E-state index contributed by atoms with van der Waals surface area (Å²) in [5.74, 6) is 2.56. The van der Waals surface area contributed by atoms with E-state index in [9.17, 15) is 0 Å². The highest BCUT2D eigenvalue weighted by molar-refractivity contribution is 5.53. The van der Waals surface area contributed by atoms with Gasteiger partial charge in [0.2, 0.25) is 0 Å². The Balaban J connectivity index is 1.59. The molecule has 3 aromatic heterocycles. The van der Waals surface area contributed by atoms with Crippen molar-refractivity contribution in [3.8, 4) is 11.5 Å². The number of hydrogen-bond donors (Lipinski definition) is 1. The van der Waals surface area contributed by atoms with E-state index in [0.717, 1.165) is 48.8 Å². The molecule has 0 radical (unpaired) electrons. The molecule has 1 N–H and O–H groups in total. The van der Waals surface area contributed by atoms with Crippen molar-refractivity contribution in [1.82, 2.24) is 29.7 Å². The highest BCUT2D eigenvalue weighted by Crippen LogP contribution is 2.19. The molecular formula is C17H19N7. The van der Waals surface area contributed by atoms with Crippen LogP contribution in [0.4, 0.5) is 5.82 Å². The monoisotopic (exact) mass is 321 g/mol. The molecule has 0 aromatic carbocycles. The molecule has 1 aliphatic rings. The summed E-state index contributed by atoms with van der Waals surface area (Å²) in [7, 11) is 0. The van der Waals surface area contributed by atoms with Gasteiger partial charge in [-0.3, -0.25) is 4.98 Å². The van der Waals surface area contributed by atoms with Crippen LogP contribution in [0.1, 0.15) is 24.9 Å². The third kappa shape index (κ3) is 2.97. The van der Waals surface area contributed by atoms with Crippen LogP contribution in [-0.2, 0) is 19.4 Å². The van der Waals surface area contributed by atoms with Crippen LogP contribution in [0.3, 0.4) is 0 Å². The molecule has 1 atom stereocenters. The molecule has 0 saturated heterocycles. The molecule has 3 aromatic rings. The van der Waals surface area contributed by atoms with Gasteiger partial charge in [-0.25, -0.2) is 19.6 Å². The van der Waals surface area contributed by atoms with Crippen LogP contribution in [0.25, 0.3) is 11.5 Å². The average molecular weight is 321 g/mol. The van der Waals surface area contributed by atoms with Gasteiger partial charge in [-0.2, -0.15) is 5.10 Å². The predicted molar refractivity (Wildman–Crippen MR) is 90.4 cm³/mol. The Hall–Kier alpha value is -2.83. The summed E-state index contributed by atoms with van der Waals surface area (Å²) in [5.41, 5.74) is 1.79. The summed E-state index contributed by atoms with van der Waals surface area (Å²) < 4.78 is 1.96. The van der Waals surface area contributed by atoms with E-state index >= 15 is 0 Å². The first kappa shape index (κ1) is 14.7. The molecule has 0 aliphatic carbocycles. The van der Waals surface area contributed by atoms with Gasteiger partial charge in [0.25, 0.3) is 0 Å². The molecule has 4 rings (SSSR count). The van der Waals surface area contributed by atoms with Crippen LogP contribution < -0.4 is 5.32 Å². The van der Waals surface area contributed by atoms with Crippen molar-refractivity contribution >= 4 is 5.82 Å². The second-order valence-electron chi connectivity index (χ2n) is 5.87. The quantitative estimate of drug-likeness (QED) is 0.792. The van der Waals surface area contributed by atoms with Gasteiger partial charge in [-0.1, -0.05) is 13.0 Å². The van der Waals surface area contributed by atoms with E-state index in [2.05, 4.69) is 37.3 Å². The van der Waals surface area contributed by atoms with Gasteiger partial charge in [-0.15, -0.1) is 0 Å². The van der Waals surface area contributed by atoms with E-state index in [4.69, 9.17) is 0 Å². The predicted octanol–water partition coefficient (Wildman–Crippen LogP) is 2.12. The lowest BCUT2D eigenvalue weighted by Gasteiger charge is -2.24. The fraction of sp³-hybridized carbons (Fsp3) is 0.353. The Morgan fingerprint density at radius 1 is 1.25 bits per heavy atom. The van der Waals surface area contributed by atoms with Gasteiger partial charge in [0.1, 0.15) is 23.7 Å². The second kappa shape index (κ2) is 6.35. The number of fused-ring (bicyclic) bond motifs is 1. The van der Waals surface area contributed by atoms with E-state index in [1.165, 1.54) is 0 Å². The summed E-state index contributed by atoms with van der Waals surface area (Å²) in [4.78, 5) is 17.9. The SMILES string of the molecule is CCc1cc(NC2CCc3ncnn3C2)nc(-c2ccccn2)n1. The van der Waals surface area contributed by atoms with Crippen molar-refractivity contribution in [2.75, 3.05) is 5.32 Å². The summed E-state index contributed by atoms with van der Waals surface area (Å²) in [5, 5.41) is 7.80. The first-order valence-electron chi connectivity index (χ1n) is 8.24. The van der Waals surface area contributed by atoms with Crippen molar-refractivity contribution in [2.45, 2.75) is 38.8 Å². The molecule has 4 heterocycles. The lowest BCUT2D eigenvalue weighted by Crippen LogP contribution is -2.32. The van der Waals surface area contributed by atoms with Gasteiger partial charge in [0.15, 0.2) is 5.82 Å². The number of rotatable bonds is 4. The van der Waals surface area contributed by atoms with Crippen molar-refractivity contribution in [2.24, 2.45) is 0 Å². The lowest BCUT2D eigenvalue weighted by atomic mass is 10.1. The number of hydrogen-bond acceptors (Lipinski definition) is 6. The third-order valence-corrected chi connectivity index (χ3v) is 4.19. The molecule has 7 nitrogen and oxygen atoms in total. The third-order valence-electron chi connectivity index (χ3n) is 4.19. The van der Waals surface area contributed by atoms with Crippen LogP contribution in [0.5, 0.6) is 0 Å². The minimum absolute atomic E-state index is 0.287. The fourth-order valence-electron chi connectivity index (χ4n) is 2.93. The van der Waals surface area contributed by atoms with Crippen molar-refractivity contribution in [1.29, 1.82) is 0 Å². The molecule has 7 heteroatoms. The van der Waals surface area contributed by atoms with E-state index in [0.29, 0.717) is 5.82 Å². The largest absolute Gasteiger partial charge is 0.365 e. The van der Waals surface area contributed by atoms with Crippen LogP contribution in [0.15, 0.2) is 36.8 Å². The van der Waals surface area contributed by atoms with Gasteiger partial charge in [-0.05, 0) is 25.0 Å². The first-order chi connectivity index (χ1) is 11.8. The average Bonchev–Trinajstić information content (AvgIpc) is 3.10. The fourth-order valence-corrected chi connectivity index (χ4v) is 2.93. The normalized spacial score (nSPS) is 16.6. The van der Waals surface area contributed by atoms with Gasteiger partial charge in [0.05, 0.1) is 6.54 Å². The molecule has 0 fully saturated rings. The van der Waals surface area contributed by atoms with E-state index in [-0.39, 0.29) is 6.04 Å². The van der Waals surface area contributed by atoms with Crippen LogP contribution in [0.2, 0.25) is 0 Å². The molecule has 1 unspecified atom stereocenters. The van der Waals surface area contributed by atoms with Crippen LogP contribution in [-0.4, -0.2) is 35.8 Å². The molecule has 0 saturated carbocycles. The Bertz CT molecular complexity index is 828. The first-order valence-corrected chi connectivity index (χ1v) is 8.24. The number of aryl methyl sites for hydroxylation is 2. The van der Waals surface area contributed by atoms with Crippen molar-refractivity contribution < 1.29 is 0 Å². The molecular weight excluding hydrogens is 302 g/mol. The molecule has 0 amide bonds. The number of aromatic nitrogens is 6. The Morgan fingerprint density at radius 2 is 2.21 bits per heavy atom. The molecule has 0 bridgehead atoms. The minimum atomic E-state index is 0.287. The molecule has 0 spiro atoms. The number of anilines is 1. The second-order valence-corrected chi connectivity index (χ2v) is 5.87. The number of nitrogens with zero attached hydrogens (tertiary/aromatic N) is 6. The van der Waals surface area contributed by atoms with Crippen molar-refractivity contribution in [3.63, 3.8) is 0 Å². The highest BCUT2D eigenvalue weighted by Gasteiger charge is 2.20. The lowest BCUT2D eigenvalue weighted by molar-refractivity contribution is 0.440. The Labute approximate surface area is 140 Å². The summed E-state index contributed by atoms with van der Waals surface area (Å²) >= 11 is 0. The molecule has 122 valence electrons. The maximum Gasteiger partial charge on any atom is 0.180 e. The van der Waals surface area contributed by atoms with Gasteiger partial charge >= 0.3 is 0 Å². The van der Waals surface area contributed by atoms with Gasteiger partial charge < -0.3 is 5.32 Å². The zero-order valence-corrected chi connectivity index (χ0v) is 13.6. The van der Waals surface area contributed by atoms with E-state index in [1.807, 2.05) is 28.9 Å². The van der Waals surface area contributed by atoms with E-state index in [1.54, 1.807) is 12.5 Å². The van der Waals surface area contributed by atoms with Crippen LogP contribution >= 0.6 is 0 Å². The van der Waals surface area contributed by atoms with E-state index < -0.39 is 0 Å². The summed E-state index contributed by atoms with van der Waals surface area (Å²) in [6, 6.07) is 8.08. The summed E-state index contributed by atoms with van der Waals surface area (Å²) in [6.07, 6.45) is 6.18. The number of pyridine rings is 1. The molecule has 24 heavy (non-hydrogen) atoms. The minimum Gasteiger partial charge on any atom is -0.365 e. The molecule has 1 aliphatic heterocycles.